The average Bonchev–Trinajstić information content (AvgIpc) is 2.94. The van der Waals surface area contributed by atoms with Gasteiger partial charge in [0, 0.05) is 23.2 Å². The van der Waals surface area contributed by atoms with Gasteiger partial charge in [-0.1, -0.05) is 0 Å². The molecule has 3 rings (SSSR count). The van der Waals surface area contributed by atoms with Crippen LogP contribution < -0.4 is 14.8 Å². The number of fused-ring (bicyclic) bond motifs is 1. The van der Waals surface area contributed by atoms with Crippen molar-refractivity contribution in [2.45, 2.75) is 6.54 Å². The third kappa shape index (κ3) is 2.70. The lowest BCUT2D eigenvalue weighted by Crippen LogP contribution is -2.15. The first kappa shape index (κ1) is 12.8. The summed E-state index contributed by atoms with van der Waals surface area (Å²) in [6, 6.07) is 9.11. The molecule has 0 fully saturated rings. The lowest BCUT2D eigenvalue weighted by Gasteiger charge is -2.19. The Bertz CT molecular complexity index is 638. The molecule has 1 aromatic carbocycles. The molecule has 0 spiro atoms. The second-order valence-corrected chi connectivity index (χ2v) is 5.45. The molecule has 5 nitrogen and oxygen atoms in total. The van der Waals surface area contributed by atoms with Gasteiger partial charge in [-0.2, -0.15) is 0 Å². The minimum Gasteiger partial charge on any atom is -0.486 e. The third-order valence-electron chi connectivity index (χ3n) is 2.88. The number of carboxylic acids is 1. The van der Waals surface area contributed by atoms with Crippen molar-refractivity contribution in [3.8, 4) is 11.5 Å². The van der Waals surface area contributed by atoms with Crippen LogP contribution in [-0.2, 0) is 6.54 Å². The van der Waals surface area contributed by atoms with Crippen molar-refractivity contribution in [3.05, 3.63) is 40.1 Å². The highest BCUT2D eigenvalue weighted by Gasteiger charge is 2.12. The molecule has 1 aliphatic rings. The number of carbonyl (C=O) groups is 1. The highest BCUT2D eigenvalue weighted by atomic mass is 32.1. The fourth-order valence-electron chi connectivity index (χ4n) is 1.93. The summed E-state index contributed by atoms with van der Waals surface area (Å²) < 4.78 is 11.0. The van der Waals surface area contributed by atoms with E-state index in [0.717, 1.165) is 22.1 Å². The van der Waals surface area contributed by atoms with Crippen LogP contribution in [0.1, 0.15) is 14.5 Å². The molecule has 0 radical (unpaired) electrons. The molecule has 2 N–H and O–H groups in total. The predicted octanol–water partition coefficient (Wildman–Crippen LogP) is 2.83. The summed E-state index contributed by atoms with van der Waals surface area (Å²) in [7, 11) is 0. The smallest absolute Gasteiger partial charge is 0.345 e. The van der Waals surface area contributed by atoms with Gasteiger partial charge in [-0.25, -0.2) is 4.79 Å². The molecule has 0 saturated heterocycles. The van der Waals surface area contributed by atoms with Gasteiger partial charge in [0.2, 0.25) is 0 Å². The summed E-state index contributed by atoms with van der Waals surface area (Å²) in [6.07, 6.45) is 0. The van der Waals surface area contributed by atoms with E-state index >= 15 is 0 Å². The van der Waals surface area contributed by atoms with E-state index in [1.807, 2.05) is 24.3 Å². The highest BCUT2D eigenvalue weighted by molar-refractivity contribution is 7.13. The Balaban J connectivity index is 1.67. The summed E-state index contributed by atoms with van der Waals surface area (Å²) in [5, 5.41) is 12.1. The van der Waals surface area contributed by atoms with Crippen molar-refractivity contribution in [3.63, 3.8) is 0 Å². The van der Waals surface area contributed by atoms with Gasteiger partial charge in [-0.15, -0.1) is 11.3 Å². The van der Waals surface area contributed by atoms with E-state index in [0.29, 0.717) is 24.6 Å². The number of thiophene rings is 1. The standard InChI is InChI=1S/C14H13NO4S/c16-14(17)13-4-2-10(20-13)8-15-9-1-3-11-12(7-9)19-6-5-18-11/h1-4,7,15H,5-6,8H2,(H,16,17). The van der Waals surface area contributed by atoms with Gasteiger partial charge >= 0.3 is 5.97 Å². The van der Waals surface area contributed by atoms with Crippen molar-refractivity contribution in [2.75, 3.05) is 18.5 Å². The largest absolute Gasteiger partial charge is 0.486 e. The number of aromatic carboxylic acids is 1. The number of anilines is 1. The zero-order chi connectivity index (χ0) is 13.9. The van der Waals surface area contributed by atoms with Gasteiger partial charge < -0.3 is 19.9 Å². The van der Waals surface area contributed by atoms with Crippen LogP contribution in [0, 0.1) is 0 Å². The Labute approximate surface area is 119 Å². The third-order valence-corrected chi connectivity index (χ3v) is 3.95. The Hall–Kier alpha value is -2.21. The van der Waals surface area contributed by atoms with E-state index in [4.69, 9.17) is 14.6 Å². The fraction of sp³-hybridized carbons (Fsp3) is 0.214. The molecule has 1 aromatic heterocycles. The number of ether oxygens (including phenoxy) is 2. The van der Waals surface area contributed by atoms with Crippen LogP contribution in [0.5, 0.6) is 11.5 Å². The number of benzene rings is 1. The molecule has 2 heterocycles. The zero-order valence-corrected chi connectivity index (χ0v) is 11.4. The minimum atomic E-state index is -0.888. The SMILES string of the molecule is O=C(O)c1ccc(CNc2ccc3c(c2)OCCO3)s1. The molecular formula is C14H13NO4S. The number of hydrogen-bond donors (Lipinski definition) is 2. The summed E-state index contributed by atoms with van der Waals surface area (Å²) >= 11 is 1.27. The highest BCUT2D eigenvalue weighted by Crippen LogP contribution is 2.32. The molecule has 0 unspecified atom stereocenters. The van der Waals surface area contributed by atoms with E-state index in [-0.39, 0.29) is 0 Å². The molecule has 2 aromatic rings. The van der Waals surface area contributed by atoms with Gasteiger partial charge in [0.1, 0.15) is 18.1 Å². The van der Waals surface area contributed by atoms with Crippen LogP contribution in [0.2, 0.25) is 0 Å². The molecule has 0 amide bonds. The lowest BCUT2D eigenvalue weighted by molar-refractivity contribution is 0.0702. The summed E-state index contributed by atoms with van der Waals surface area (Å²) in [4.78, 5) is 12.1. The van der Waals surface area contributed by atoms with Crippen molar-refractivity contribution < 1.29 is 19.4 Å². The van der Waals surface area contributed by atoms with E-state index in [1.165, 1.54) is 11.3 Å². The van der Waals surface area contributed by atoms with Crippen LogP contribution in [0.4, 0.5) is 5.69 Å². The fourth-order valence-corrected chi connectivity index (χ4v) is 2.72. The average molecular weight is 291 g/mol. The minimum absolute atomic E-state index is 0.351. The summed E-state index contributed by atoms with van der Waals surface area (Å²) in [6.45, 7) is 1.72. The van der Waals surface area contributed by atoms with Gasteiger partial charge in [-0.3, -0.25) is 0 Å². The van der Waals surface area contributed by atoms with Gasteiger partial charge in [0.05, 0.1) is 0 Å². The van der Waals surface area contributed by atoms with E-state index in [2.05, 4.69) is 5.32 Å². The van der Waals surface area contributed by atoms with E-state index in [1.54, 1.807) is 6.07 Å². The number of carboxylic acid groups (broad SMARTS) is 1. The molecule has 0 saturated carbocycles. The van der Waals surface area contributed by atoms with Gasteiger partial charge in [0.15, 0.2) is 11.5 Å². The van der Waals surface area contributed by atoms with E-state index in [9.17, 15) is 4.79 Å². The maximum Gasteiger partial charge on any atom is 0.345 e. The molecule has 0 bridgehead atoms. The van der Waals surface area contributed by atoms with Gasteiger partial charge in [0.25, 0.3) is 0 Å². The summed E-state index contributed by atoms with van der Waals surface area (Å²) in [5.41, 5.74) is 0.916. The van der Waals surface area contributed by atoms with Gasteiger partial charge in [-0.05, 0) is 24.3 Å². The molecule has 0 aliphatic carbocycles. The first-order chi connectivity index (χ1) is 9.72. The second kappa shape index (κ2) is 5.42. The Morgan fingerprint density at radius 2 is 2.00 bits per heavy atom. The van der Waals surface area contributed by atoms with Crippen LogP contribution in [0.3, 0.4) is 0 Å². The zero-order valence-electron chi connectivity index (χ0n) is 10.6. The van der Waals surface area contributed by atoms with Crippen molar-refractivity contribution >= 4 is 23.0 Å². The lowest BCUT2D eigenvalue weighted by atomic mass is 10.2. The molecule has 6 heteroatoms. The molecule has 20 heavy (non-hydrogen) atoms. The maximum atomic E-state index is 10.8. The topological polar surface area (TPSA) is 67.8 Å². The quantitative estimate of drug-likeness (QED) is 0.906. The normalized spacial score (nSPS) is 13.0. The number of hydrogen-bond acceptors (Lipinski definition) is 5. The second-order valence-electron chi connectivity index (χ2n) is 4.28. The Morgan fingerprint density at radius 3 is 2.75 bits per heavy atom. The molecule has 1 aliphatic heterocycles. The van der Waals surface area contributed by atoms with Crippen molar-refractivity contribution in [1.29, 1.82) is 0 Å². The number of nitrogens with one attached hydrogen (secondary N) is 1. The van der Waals surface area contributed by atoms with Crippen LogP contribution in [0.15, 0.2) is 30.3 Å². The predicted molar refractivity (Wildman–Crippen MR) is 76.0 cm³/mol. The maximum absolute atomic E-state index is 10.8. The van der Waals surface area contributed by atoms with E-state index < -0.39 is 5.97 Å². The van der Waals surface area contributed by atoms with Crippen molar-refractivity contribution in [1.82, 2.24) is 0 Å². The first-order valence-corrected chi connectivity index (χ1v) is 6.99. The molecule has 104 valence electrons. The van der Waals surface area contributed by atoms with Crippen LogP contribution >= 0.6 is 11.3 Å². The first-order valence-electron chi connectivity index (χ1n) is 6.18. The molecular weight excluding hydrogens is 278 g/mol. The number of rotatable bonds is 4. The molecule has 0 atom stereocenters. The van der Waals surface area contributed by atoms with Crippen LogP contribution in [0.25, 0.3) is 0 Å². The van der Waals surface area contributed by atoms with Crippen molar-refractivity contribution in [2.24, 2.45) is 0 Å². The summed E-state index contributed by atoms with van der Waals surface area (Å²) in [5.74, 6) is 0.602. The monoisotopic (exact) mass is 291 g/mol. The Morgan fingerprint density at radius 1 is 1.20 bits per heavy atom. The Kier molecular flexibility index (Phi) is 3.47. The van der Waals surface area contributed by atoms with Crippen LogP contribution in [-0.4, -0.2) is 24.3 Å².